The molecule has 0 spiro atoms. The Balaban J connectivity index is 2.49. The maximum Gasteiger partial charge on any atom is 0.321 e. The summed E-state index contributed by atoms with van der Waals surface area (Å²) in [7, 11) is 1.21. The van der Waals surface area contributed by atoms with Gasteiger partial charge in [0.25, 0.3) is 0 Å². The van der Waals surface area contributed by atoms with Gasteiger partial charge in [0.05, 0.1) is 18.5 Å². The number of hydrogen-bond donors (Lipinski definition) is 1. The van der Waals surface area contributed by atoms with E-state index in [-0.39, 0.29) is 44.1 Å². The van der Waals surface area contributed by atoms with Crippen LogP contribution in [-0.2, 0) is 38.2 Å². The summed E-state index contributed by atoms with van der Waals surface area (Å²) in [5.41, 5.74) is -1.98. The summed E-state index contributed by atoms with van der Waals surface area (Å²) >= 11 is 0. The highest BCUT2D eigenvalue weighted by Crippen LogP contribution is 2.40. The fourth-order valence-corrected chi connectivity index (χ4v) is 3.66. The van der Waals surface area contributed by atoms with Crippen LogP contribution in [0.3, 0.4) is 0 Å². The van der Waals surface area contributed by atoms with Crippen molar-refractivity contribution in [3.05, 3.63) is 24.3 Å². The number of carbonyl (C=O) groups excluding carboxylic acids is 5. The highest BCUT2D eigenvalue weighted by molar-refractivity contribution is 6.11. The third kappa shape index (κ3) is 5.50. The van der Waals surface area contributed by atoms with Crippen molar-refractivity contribution in [3.63, 3.8) is 0 Å². The fraction of sp³-hybridized carbons (Fsp3) is 0.522. The van der Waals surface area contributed by atoms with E-state index in [1.807, 2.05) is 0 Å². The monoisotopic (exact) mass is 462 g/mol. The number of esters is 3. The Morgan fingerprint density at radius 3 is 2.18 bits per heavy atom. The van der Waals surface area contributed by atoms with Crippen molar-refractivity contribution in [2.75, 3.05) is 30.5 Å². The molecule has 33 heavy (non-hydrogen) atoms. The zero-order valence-electron chi connectivity index (χ0n) is 19.6. The predicted octanol–water partition coefficient (Wildman–Crippen LogP) is 2.21. The Bertz CT molecular complexity index is 926. The molecule has 0 radical (unpaired) electrons. The van der Waals surface area contributed by atoms with Gasteiger partial charge in [0.1, 0.15) is 24.2 Å². The lowest BCUT2D eigenvalue weighted by molar-refractivity contribution is -0.156. The van der Waals surface area contributed by atoms with Gasteiger partial charge in [-0.2, -0.15) is 0 Å². The van der Waals surface area contributed by atoms with Gasteiger partial charge in [-0.1, -0.05) is 19.1 Å². The number of nitrogens with zero attached hydrogens (tertiary/aromatic N) is 1. The Labute approximate surface area is 192 Å². The molecule has 1 unspecified atom stereocenters. The van der Waals surface area contributed by atoms with E-state index in [0.717, 1.165) is 0 Å². The number of para-hydroxylation sites is 2. The molecule has 1 N–H and O–H groups in total. The number of anilines is 2. The first kappa shape index (κ1) is 25.8. The zero-order valence-corrected chi connectivity index (χ0v) is 19.6. The Morgan fingerprint density at radius 1 is 1.09 bits per heavy atom. The van der Waals surface area contributed by atoms with Crippen molar-refractivity contribution in [1.29, 1.82) is 0 Å². The number of methoxy groups -OCH3 is 1. The Hall–Kier alpha value is -3.43. The molecule has 10 heteroatoms. The van der Waals surface area contributed by atoms with E-state index in [4.69, 9.17) is 14.2 Å². The third-order valence-electron chi connectivity index (χ3n) is 5.85. The fourth-order valence-electron chi connectivity index (χ4n) is 3.66. The second-order valence-corrected chi connectivity index (χ2v) is 8.16. The van der Waals surface area contributed by atoms with Crippen LogP contribution >= 0.6 is 0 Å². The summed E-state index contributed by atoms with van der Waals surface area (Å²) in [6.07, 6.45) is 0.586. The molecule has 1 aromatic carbocycles. The summed E-state index contributed by atoms with van der Waals surface area (Å²) in [6.45, 7) is 5.26. The minimum absolute atomic E-state index is 0.125. The predicted molar refractivity (Wildman–Crippen MR) is 118 cm³/mol. The molecule has 1 aliphatic rings. The molecule has 1 aliphatic heterocycles. The summed E-state index contributed by atoms with van der Waals surface area (Å²) in [6, 6.07) is 6.56. The van der Waals surface area contributed by atoms with Crippen LogP contribution in [0.5, 0.6) is 0 Å². The highest BCUT2D eigenvalue weighted by Gasteiger charge is 2.49. The van der Waals surface area contributed by atoms with Gasteiger partial charge in [-0.3, -0.25) is 28.9 Å². The SMILES string of the molecule is CCC(C)(C(=O)Nc1ccccc1N1C(=O)CCC1(COC(C)=O)COC(C)=O)C(=O)OC. The first-order valence-corrected chi connectivity index (χ1v) is 10.6. The van der Waals surface area contributed by atoms with Crippen LogP contribution in [0.2, 0.25) is 0 Å². The van der Waals surface area contributed by atoms with Crippen LogP contribution in [0.25, 0.3) is 0 Å². The van der Waals surface area contributed by atoms with Crippen LogP contribution in [-0.4, -0.2) is 55.6 Å². The summed E-state index contributed by atoms with van der Waals surface area (Å²) in [5, 5.41) is 2.73. The van der Waals surface area contributed by atoms with E-state index >= 15 is 0 Å². The van der Waals surface area contributed by atoms with E-state index in [2.05, 4.69) is 5.32 Å². The van der Waals surface area contributed by atoms with Gasteiger partial charge < -0.3 is 19.5 Å². The normalized spacial score (nSPS) is 16.5. The van der Waals surface area contributed by atoms with Gasteiger partial charge in [-0.15, -0.1) is 0 Å². The molecule has 1 atom stereocenters. The van der Waals surface area contributed by atoms with Crippen LogP contribution in [0.15, 0.2) is 24.3 Å². The molecule has 0 aromatic heterocycles. The Kier molecular flexibility index (Phi) is 8.18. The van der Waals surface area contributed by atoms with E-state index in [1.165, 1.54) is 32.8 Å². The number of hydrogen-bond acceptors (Lipinski definition) is 8. The summed E-state index contributed by atoms with van der Waals surface area (Å²) < 4.78 is 15.2. The molecule has 10 nitrogen and oxygen atoms in total. The number of carbonyl (C=O) groups is 5. The van der Waals surface area contributed by atoms with Gasteiger partial charge in [-0.05, 0) is 31.9 Å². The van der Waals surface area contributed by atoms with E-state index in [1.54, 1.807) is 31.2 Å². The number of amides is 2. The van der Waals surface area contributed by atoms with Crippen molar-refractivity contribution in [3.8, 4) is 0 Å². The van der Waals surface area contributed by atoms with Crippen molar-refractivity contribution in [2.24, 2.45) is 5.41 Å². The Morgan fingerprint density at radius 2 is 1.67 bits per heavy atom. The van der Waals surface area contributed by atoms with Gasteiger partial charge in [-0.25, -0.2) is 0 Å². The molecule has 180 valence electrons. The first-order valence-electron chi connectivity index (χ1n) is 10.6. The van der Waals surface area contributed by atoms with Gasteiger partial charge in [0.15, 0.2) is 0 Å². The first-order chi connectivity index (χ1) is 15.5. The molecule has 0 bridgehead atoms. The topological polar surface area (TPSA) is 128 Å². The molecule has 0 aliphatic carbocycles. The van der Waals surface area contributed by atoms with Crippen molar-refractivity contribution in [1.82, 2.24) is 0 Å². The molecule has 1 aromatic rings. The number of benzene rings is 1. The number of rotatable bonds is 9. The second kappa shape index (κ2) is 10.5. The lowest BCUT2D eigenvalue weighted by Crippen LogP contribution is -2.54. The molecule has 1 heterocycles. The number of nitrogens with one attached hydrogen (secondary N) is 1. The van der Waals surface area contributed by atoms with Crippen molar-refractivity contribution in [2.45, 2.75) is 52.5 Å². The molecule has 0 saturated carbocycles. The second-order valence-electron chi connectivity index (χ2n) is 8.16. The smallest absolute Gasteiger partial charge is 0.321 e. The minimum Gasteiger partial charge on any atom is -0.468 e. The lowest BCUT2D eigenvalue weighted by atomic mass is 9.86. The molecule has 1 saturated heterocycles. The summed E-state index contributed by atoms with van der Waals surface area (Å²) in [4.78, 5) is 62.7. The van der Waals surface area contributed by atoms with Crippen molar-refractivity contribution >= 4 is 41.1 Å². The minimum atomic E-state index is -1.44. The van der Waals surface area contributed by atoms with Crippen LogP contribution < -0.4 is 10.2 Å². The quantitative estimate of drug-likeness (QED) is 0.336. The van der Waals surface area contributed by atoms with Gasteiger partial charge in [0.2, 0.25) is 11.8 Å². The summed E-state index contributed by atoms with van der Waals surface area (Å²) in [5.74, 6) is -2.66. The molecule has 2 rings (SSSR count). The largest absolute Gasteiger partial charge is 0.468 e. The molecule has 1 fully saturated rings. The standard InChI is InChI=1S/C23H30N2O8/c1-6-22(4,21(30)31-5)20(29)24-17-9-7-8-10-18(17)25-19(28)11-12-23(25,13-32-15(2)26)14-33-16(3)27/h7-10H,6,11-14H2,1-5H3,(H,24,29). The average Bonchev–Trinajstić information content (AvgIpc) is 3.11. The molecular formula is C23H30N2O8. The maximum absolute atomic E-state index is 13.1. The third-order valence-corrected chi connectivity index (χ3v) is 5.85. The van der Waals surface area contributed by atoms with Gasteiger partial charge in [0, 0.05) is 20.3 Å². The van der Waals surface area contributed by atoms with Gasteiger partial charge >= 0.3 is 17.9 Å². The highest BCUT2D eigenvalue weighted by atomic mass is 16.5. The molecular weight excluding hydrogens is 432 g/mol. The maximum atomic E-state index is 13.1. The van der Waals surface area contributed by atoms with E-state index in [9.17, 15) is 24.0 Å². The zero-order chi connectivity index (χ0) is 24.8. The van der Waals surface area contributed by atoms with E-state index < -0.39 is 34.8 Å². The van der Waals surface area contributed by atoms with E-state index in [0.29, 0.717) is 5.69 Å². The van der Waals surface area contributed by atoms with Crippen molar-refractivity contribution < 1.29 is 38.2 Å². The molecule has 2 amide bonds. The van der Waals surface area contributed by atoms with Crippen LogP contribution in [0.4, 0.5) is 11.4 Å². The number of ether oxygens (including phenoxy) is 3. The van der Waals surface area contributed by atoms with Crippen LogP contribution in [0.1, 0.15) is 47.0 Å². The lowest BCUT2D eigenvalue weighted by Gasteiger charge is -2.38. The average molecular weight is 462 g/mol. The van der Waals surface area contributed by atoms with Crippen LogP contribution in [0, 0.1) is 5.41 Å².